The topological polar surface area (TPSA) is 46.2 Å². The van der Waals surface area contributed by atoms with E-state index >= 15 is 0 Å². The molecule has 0 fully saturated rings. The Kier molecular flexibility index (Phi) is 4.13. The Hall–Kier alpha value is -1.64. The van der Waals surface area contributed by atoms with Gasteiger partial charge in [0, 0.05) is 6.42 Å². The second-order valence-corrected chi connectivity index (χ2v) is 4.69. The van der Waals surface area contributed by atoms with E-state index in [0.29, 0.717) is 6.42 Å². The highest BCUT2D eigenvalue weighted by molar-refractivity contribution is 5.25. The molecule has 0 aliphatic rings. The first-order valence-electron chi connectivity index (χ1n) is 6.21. The van der Waals surface area contributed by atoms with E-state index in [1.807, 2.05) is 61.5 Å². The maximum atomic E-state index is 10.2. The predicted molar refractivity (Wildman–Crippen MR) is 74.3 cm³/mol. The van der Waals surface area contributed by atoms with E-state index in [1.165, 1.54) is 5.56 Å². The van der Waals surface area contributed by atoms with Crippen LogP contribution in [-0.2, 0) is 6.42 Å². The molecule has 0 aliphatic carbocycles. The SMILES string of the molecule is Cc1ccc([C@@H](N)[C@@H](O)Cc2ccccc2)cc1. The lowest BCUT2D eigenvalue weighted by Crippen LogP contribution is -2.28. The Morgan fingerprint density at radius 2 is 1.61 bits per heavy atom. The van der Waals surface area contributed by atoms with Crippen molar-refractivity contribution in [1.82, 2.24) is 0 Å². The van der Waals surface area contributed by atoms with Crippen LogP contribution in [0.1, 0.15) is 22.7 Å². The molecule has 2 aromatic carbocycles. The number of rotatable bonds is 4. The minimum atomic E-state index is -0.560. The summed E-state index contributed by atoms with van der Waals surface area (Å²) < 4.78 is 0. The molecule has 0 amide bonds. The predicted octanol–water partition coefficient (Wildman–Crippen LogP) is 2.60. The van der Waals surface area contributed by atoms with Crippen molar-refractivity contribution in [3.05, 3.63) is 71.3 Å². The van der Waals surface area contributed by atoms with Crippen LogP contribution in [0.4, 0.5) is 0 Å². The summed E-state index contributed by atoms with van der Waals surface area (Å²) in [5, 5.41) is 10.2. The van der Waals surface area contributed by atoms with Gasteiger partial charge in [-0.05, 0) is 18.1 Å². The molecule has 0 spiro atoms. The molecule has 0 saturated carbocycles. The molecule has 0 heterocycles. The molecule has 18 heavy (non-hydrogen) atoms. The minimum Gasteiger partial charge on any atom is -0.391 e. The fraction of sp³-hybridized carbons (Fsp3) is 0.250. The third kappa shape index (κ3) is 3.19. The van der Waals surface area contributed by atoms with Gasteiger partial charge in [-0.1, -0.05) is 60.2 Å². The van der Waals surface area contributed by atoms with Crippen LogP contribution in [0.25, 0.3) is 0 Å². The van der Waals surface area contributed by atoms with E-state index < -0.39 is 6.10 Å². The Labute approximate surface area is 108 Å². The number of aliphatic hydroxyl groups is 1. The number of aryl methyl sites for hydroxylation is 1. The molecule has 94 valence electrons. The van der Waals surface area contributed by atoms with Crippen molar-refractivity contribution in [2.24, 2.45) is 5.73 Å². The van der Waals surface area contributed by atoms with Crippen molar-refractivity contribution in [2.75, 3.05) is 0 Å². The second-order valence-electron chi connectivity index (χ2n) is 4.69. The van der Waals surface area contributed by atoms with Crippen molar-refractivity contribution in [3.63, 3.8) is 0 Å². The summed E-state index contributed by atoms with van der Waals surface area (Å²) in [6.45, 7) is 2.04. The molecule has 2 aromatic rings. The smallest absolute Gasteiger partial charge is 0.0773 e. The molecule has 0 saturated heterocycles. The number of hydrogen-bond donors (Lipinski definition) is 2. The molecule has 2 atom stereocenters. The van der Waals surface area contributed by atoms with Gasteiger partial charge in [0.05, 0.1) is 12.1 Å². The first kappa shape index (κ1) is 12.8. The van der Waals surface area contributed by atoms with Gasteiger partial charge >= 0.3 is 0 Å². The summed E-state index contributed by atoms with van der Waals surface area (Å²) in [4.78, 5) is 0. The molecule has 2 nitrogen and oxygen atoms in total. The van der Waals surface area contributed by atoms with Gasteiger partial charge in [0.1, 0.15) is 0 Å². The number of aliphatic hydroxyl groups excluding tert-OH is 1. The zero-order valence-corrected chi connectivity index (χ0v) is 10.6. The highest BCUT2D eigenvalue weighted by atomic mass is 16.3. The highest BCUT2D eigenvalue weighted by Gasteiger charge is 2.16. The van der Waals surface area contributed by atoms with Crippen LogP contribution in [0.2, 0.25) is 0 Å². The van der Waals surface area contributed by atoms with E-state index in [-0.39, 0.29) is 6.04 Å². The van der Waals surface area contributed by atoms with Crippen molar-refractivity contribution in [3.8, 4) is 0 Å². The minimum absolute atomic E-state index is 0.342. The van der Waals surface area contributed by atoms with Crippen LogP contribution < -0.4 is 5.73 Å². The Balaban J connectivity index is 2.05. The average Bonchev–Trinajstić information content (AvgIpc) is 2.40. The largest absolute Gasteiger partial charge is 0.391 e. The lowest BCUT2D eigenvalue weighted by molar-refractivity contribution is 0.145. The fourth-order valence-electron chi connectivity index (χ4n) is 1.99. The van der Waals surface area contributed by atoms with E-state index in [2.05, 4.69) is 0 Å². The van der Waals surface area contributed by atoms with E-state index in [9.17, 15) is 5.11 Å². The lowest BCUT2D eigenvalue weighted by Gasteiger charge is -2.19. The normalized spacial score (nSPS) is 14.2. The zero-order chi connectivity index (χ0) is 13.0. The van der Waals surface area contributed by atoms with Gasteiger partial charge in [0.15, 0.2) is 0 Å². The maximum absolute atomic E-state index is 10.2. The number of hydrogen-bond acceptors (Lipinski definition) is 2. The van der Waals surface area contributed by atoms with Crippen molar-refractivity contribution >= 4 is 0 Å². The van der Waals surface area contributed by atoms with Crippen LogP contribution in [0, 0.1) is 6.92 Å². The molecular formula is C16H19NO. The standard InChI is InChI=1S/C16H19NO/c1-12-7-9-14(10-8-12)16(17)15(18)11-13-5-3-2-4-6-13/h2-10,15-16,18H,11,17H2,1H3/t15-,16+/m0/s1. The second kappa shape index (κ2) is 5.80. The lowest BCUT2D eigenvalue weighted by atomic mass is 9.96. The molecule has 0 aromatic heterocycles. The number of benzene rings is 2. The van der Waals surface area contributed by atoms with Gasteiger partial charge in [-0.3, -0.25) is 0 Å². The molecule has 3 N–H and O–H groups in total. The van der Waals surface area contributed by atoms with Gasteiger partial charge in [0.25, 0.3) is 0 Å². The fourth-order valence-corrected chi connectivity index (χ4v) is 1.99. The molecule has 0 radical (unpaired) electrons. The summed E-state index contributed by atoms with van der Waals surface area (Å²) in [5.41, 5.74) is 9.36. The third-order valence-corrected chi connectivity index (χ3v) is 3.16. The van der Waals surface area contributed by atoms with Crippen LogP contribution in [-0.4, -0.2) is 11.2 Å². The van der Waals surface area contributed by atoms with E-state index in [4.69, 9.17) is 5.73 Å². The van der Waals surface area contributed by atoms with Gasteiger partial charge < -0.3 is 10.8 Å². The van der Waals surface area contributed by atoms with E-state index in [0.717, 1.165) is 11.1 Å². The average molecular weight is 241 g/mol. The third-order valence-electron chi connectivity index (χ3n) is 3.16. The Bertz CT molecular complexity index is 478. The van der Waals surface area contributed by atoms with E-state index in [1.54, 1.807) is 0 Å². The monoisotopic (exact) mass is 241 g/mol. The summed E-state index contributed by atoms with van der Waals surface area (Å²) in [6, 6.07) is 17.6. The first-order valence-corrected chi connectivity index (χ1v) is 6.21. The van der Waals surface area contributed by atoms with Crippen LogP contribution in [0.3, 0.4) is 0 Å². The maximum Gasteiger partial charge on any atom is 0.0773 e. The van der Waals surface area contributed by atoms with Crippen molar-refractivity contribution < 1.29 is 5.11 Å². The Morgan fingerprint density at radius 3 is 2.22 bits per heavy atom. The summed E-state index contributed by atoms with van der Waals surface area (Å²) >= 11 is 0. The summed E-state index contributed by atoms with van der Waals surface area (Å²) in [5.74, 6) is 0. The van der Waals surface area contributed by atoms with Crippen molar-refractivity contribution in [1.29, 1.82) is 0 Å². The first-order chi connectivity index (χ1) is 8.66. The molecule has 2 rings (SSSR count). The summed E-state index contributed by atoms with van der Waals surface area (Å²) in [7, 11) is 0. The van der Waals surface area contributed by atoms with Gasteiger partial charge in [0.2, 0.25) is 0 Å². The molecule has 0 bridgehead atoms. The highest BCUT2D eigenvalue weighted by Crippen LogP contribution is 2.18. The van der Waals surface area contributed by atoms with Crippen LogP contribution >= 0.6 is 0 Å². The van der Waals surface area contributed by atoms with Crippen LogP contribution in [0.5, 0.6) is 0 Å². The quantitative estimate of drug-likeness (QED) is 0.864. The summed E-state index contributed by atoms with van der Waals surface area (Å²) in [6.07, 6.45) is 0.0192. The molecular weight excluding hydrogens is 222 g/mol. The van der Waals surface area contributed by atoms with Crippen molar-refractivity contribution in [2.45, 2.75) is 25.5 Å². The van der Waals surface area contributed by atoms with Gasteiger partial charge in [-0.15, -0.1) is 0 Å². The molecule has 0 unspecified atom stereocenters. The molecule has 2 heteroatoms. The molecule has 0 aliphatic heterocycles. The number of nitrogens with two attached hydrogens (primary N) is 1. The van der Waals surface area contributed by atoms with Crippen LogP contribution in [0.15, 0.2) is 54.6 Å². The van der Waals surface area contributed by atoms with Gasteiger partial charge in [-0.25, -0.2) is 0 Å². The zero-order valence-electron chi connectivity index (χ0n) is 10.6. The Morgan fingerprint density at radius 1 is 1.00 bits per heavy atom. The van der Waals surface area contributed by atoms with Gasteiger partial charge in [-0.2, -0.15) is 0 Å².